The van der Waals surface area contributed by atoms with Crippen molar-refractivity contribution >= 4 is 18.7 Å². The Balaban J connectivity index is 0.000000720. The fraction of sp³-hybridized carbons (Fsp3) is 0.875. The van der Waals surface area contributed by atoms with Crippen molar-refractivity contribution in [1.82, 2.24) is 10.2 Å². The van der Waals surface area contributed by atoms with Crippen LogP contribution < -0.4 is 5.32 Å². The van der Waals surface area contributed by atoms with Crippen LogP contribution in [0.4, 0.5) is 0 Å². The number of hydrogen-bond acceptors (Lipinski definition) is 3. The number of piperazine rings is 1. The van der Waals surface area contributed by atoms with Gasteiger partial charge in [0.2, 0.25) is 0 Å². The zero-order chi connectivity index (χ0) is 7.68. The molecule has 12 heavy (non-hydrogen) atoms. The monoisotopic (exact) mass is 190 g/mol. The summed E-state index contributed by atoms with van der Waals surface area (Å²) < 4.78 is 0. The minimum atomic E-state index is 0. The van der Waals surface area contributed by atoms with Crippen LogP contribution in [-0.2, 0) is 4.79 Å². The maximum absolute atomic E-state index is 10.6. The molecule has 1 saturated heterocycles. The molecule has 1 unspecified atom stereocenters. The van der Waals surface area contributed by atoms with Gasteiger partial charge in [0.1, 0.15) is 6.29 Å². The summed E-state index contributed by atoms with van der Waals surface area (Å²) in [4.78, 5) is 13.0. The number of carbonyl (C=O) groups excluding carboxylic acids is 1. The number of aldehydes is 1. The van der Waals surface area contributed by atoms with Crippen molar-refractivity contribution in [2.75, 3.05) is 19.6 Å². The van der Waals surface area contributed by atoms with E-state index in [1.165, 1.54) is 12.8 Å². The third-order valence-electron chi connectivity index (χ3n) is 2.50. The summed E-state index contributed by atoms with van der Waals surface area (Å²) in [6.45, 7) is 2.94. The highest BCUT2D eigenvalue weighted by molar-refractivity contribution is 5.85. The van der Waals surface area contributed by atoms with Gasteiger partial charge >= 0.3 is 0 Å². The summed E-state index contributed by atoms with van der Waals surface area (Å²) in [7, 11) is 0. The van der Waals surface area contributed by atoms with Gasteiger partial charge in [-0.1, -0.05) is 0 Å². The van der Waals surface area contributed by atoms with Crippen LogP contribution in [0, 0.1) is 0 Å². The molecule has 1 N–H and O–H groups in total. The van der Waals surface area contributed by atoms with Gasteiger partial charge in [0.05, 0.1) is 6.04 Å². The Morgan fingerprint density at radius 1 is 1.42 bits per heavy atom. The van der Waals surface area contributed by atoms with Gasteiger partial charge < -0.3 is 10.1 Å². The lowest BCUT2D eigenvalue weighted by Gasteiger charge is -2.32. The van der Waals surface area contributed by atoms with Gasteiger partial charge in [0, 0.05) is 25.7 Å². The molecule has 0 amide bonds. The highest BCUT2D eigenvalue weighted by Crippen LogP contribution is 2.28. The first-order valence-corrected chi connectivity index (χ1v) is 4.33. The molecule has 1 saturated carbocycles. The molecule has 1 aliphatic carbocycles. The van der Waals surface area contributed by atoms with E-state index in [9.17, 15) is 4.79 Å². The lowest BCUT2D eigenvalue weighted by atomic mass is 10.2. The summed E-state index contributed by atoms with van der Waals surface area (Å²) in [5.74, 6) is 0. The highest BCUT2D eigenvalue weighted by atomic mass is 35.5. The minimum absolute atomic E-state index is 0. The Morgan fingerprint density at radius 2 is 2.17 bits per heavy atom. The topological polar surface area (TPSA) is 32.3 Å². The van der Waals surface area contributed by atoms with Crippen LogP contribution in [-0.4, -0.2) is 42.9 Å². The SMILES string of the molecule is Cl.O=CC1CNCCN1C1CC1. The molecule has 70 valence electrons. The zero-order valence-electron chi connectivity index (χ0n) is 7.03. The summed E-state index contributed by atoms with van der Waals surface area (Å²) in [5, 5.41) is 3.23. The molecule has 1 heterocycles. The van der Waals surface area contributed by atoms with Crippen LogP contribution in [0.1, 0.15) is 12.8 Å². The molecule has 1 aliphatic heterocycles. The molecule has 0 spiro atoms. The molecule has 4 heteroatoms. The fourth-order valence-electron chi connectivity index (χ4n) is 1.73. The van der Waals surface area contributed by atoms with Gasteiger partial charge in [-0.2, -0.15) is 0 Å². The zero-order valence-corrected chi connectivity index (χ0v) is 7.85. The van der Waals surface area contributed by atoms with E-state index in [-0.39, 0.29) is 18.4 Å². The summed E-state index contributed by atoms with van der Waals surface area (Å²) in [6.07, 6.45) is 3.67. The van der Waals surface area contributed by atoms with Gasteiger partial charge in [-0.25, -0.2) is 0 Å². The average molecular weight is 191 g/mol. The van der Waals surface area contributed by atoms with Crippen molar-refractivity contribution in [1.29, 1.82) is 0 Å². The Morgan fingerprint density at radius 3 is 2.75 bits per heavy atom. The molecule has 1 atom stereocenters. The van der Waals surface area contributed by atoms with Crippen molar-refractivity contribution in [2.24, 2.45) is 0 Å². The molecule has 0 aromatic carbocycles. The van der Waals surface area contributed by atoms with Crippen LogP contribution in [0.5, 0.6) is 0 Å². The van der Waals surface area contributed by atoms with E-state index < -0.39 is 0 Å². The van der Waals surface area contributed by atoms with Crippen LogP contribution in [0.2, 0.25) is 0 Å². The van der Waals surface area contributed by atoms with E-state index in [0.29, 0.717) is 0 Å². The minimum Gasteiger partial charge on any atom is -0.313 e. The molecule has 2 rings (SSSR count). The molecule has 0 radical (unpaired) electrons. The van der Waals surface area contributed by atoms with Crippen molar-refractivity contribution < 1.29 is 4.79 Å². The number of nitrogens with zero attached hydrogens (tertiary/aromatic N) is 1. The Bertz CT molecular complexity index is 161. The largest absolute Gasteiger partial charge is 0.313 e. The van der Waals surface area contributed by atoms with Gasteiger partial charge in [-0.05, 0) is 12.8 Å². The maximum Gasteiger partial charge on any atom is 0.138 e. The Kier molecular flexibility index (Phi) is 3.50. The second-order valence-corrected chi connectivity index (χ2v) is 3.38. The van der Waals surface area contributed by atoms with E-state index in [1.54, 1.807) is 0 Å². The molecule has 2 fully saturated rings. The van der Waals surface area contributed by atoms with Gasteiger partial charge in [-0.3, -0.25) is 4.90 Å². The maximum atomic E-state index is 10.6. The van der Waals surface area contributed by atoms with Crippen molar-refractivity contribution in [3.05, 3.63) is 0 Å². The van der Waals surface area contributed by atoms with E-state index in [0.717, 1.165) is 32.0 Å². The van der Waals surface area contributed by atoms with Crippen LogP contribution in [0.3, 0.4) is 0 Å². The summed E-state index contributed by atoms with van der Waals surface area (Å²) >= 11 is 0. The normalized spacial score (nSPS) is 30.8. The second-order valence-electron chi connectivity index (χ2n) is 3.38. The third-order valence-corrected chi connectivity index (χ3v) is 2.50. The van der Waals surface area contributed by atoms with E-state index in [2.05, 4.69) is 10.2 Å². The molecule has 0 bridgehead atoms. The first-order chi connectivity index (χ1) is 5.42. The number of hydrogen-bond donors (Lipinski definition) is 1. The predicted octanol–water partition coefficient (Wildman–Crippen LogP) is 0.0433. The molecule has 3 nitrogen and oxygen atoms in total. The molecule has 0 aromatic heterocycles. The highest BCUT2D eigenvalue weighted by Gasteiger charge is 2.34. The van der Waals surface area contributed by atoms with E-state index in [4.69, 9.17) is 0 Å². The van der Waals surface area contributed by atoms with Gasteiger partial charge in [0.15, 0.2) is 0 Å². The Hall–Kier alpha value is -0.120. The van der Waals surface area contributed by atoms with Crippen LogP contribution in [0.15, 0.2) is 0 Å². The first kappa shape index (κ1) is 9.96. The first-order valence-electron chi connectivity index (χ1n) is 4.33. The van der Waals surface area contributed by atoms with E-state index in [1.807, 2.05) is 0 Å². The second kappa shape index (κ2) is 4.21. The quantitative estimate of drug-likeness (QED) is 0.625. The predicted molar refractivity (Wildman–Crippen MR) is 49.7 cm³/mol. The lowest BCUT2D eigenvalue weighted by Crippen LogP contribution is -2.52. The van der Waals surface area contributed by atoms with Crippen molar-refractivity contribution in [2.45, 2.75) is 24.9 Å². The molecule has 0 aromatic rings. The smallest absolute Gasteiger partial charge is 0.138 e. The standard InChI is InChI=1S/C8H14N2O.ClH/c11-6-8-5-9-3-4-10(8)7-1-2-7;/h6-9H,1-5H2;1H. The third kappa shape index (κ3) is 1.97. The van der Waals surface area contributed by atoms with Gasteiger partial charge in [-0.15, -0.1) is 12.4 Å². The van der Waals surface area contributed by atoms with Crippen molar-refractivity contribution in [3.63, 3.8) is 0 Å². The van der Waals surface area contributed by atoms with Crippen LogP contribution >= 0.6 is 12.4 Å². The van der Waals surface area contributed by atoms with Crippen LogP contribution in [0.25, 0.3) is 0 Å². The molecular weight excluding hydrogens is 176 g/mol. The fourth-order valence-corrected chi connectivity index (χ4v) is 1.73. The average Bonchev–Trinajstić information content (AvgIpc) is 2.87. The van der Waals surface area contributed by atoms with Crippen molar-refractivity contribution in [3.8, 4) is 0 Å². The van der Waals surface area contributed by atoms with Gasteiger partial charge in [0.25, 0.3) is 0 Å². The number of rotatable bonds is 2. The lowest BCUT2D eigenvalue weighted by molar-refractivity contribution is -0.113. The Labute approximate surface area is 78.9 Å². The number of carbonyl (C=O) groups is 1. The van der Waals surface area contributed by atoms with E-state index >= 15 is 0 Å². The molecule has 2 aliphatic rings. The number of nitrogens with one attached hydrogen (secondary N) is 1. The summed E-state index contributed by atoms with van der Waals surface area (Å²) in [6, 6.07) is 0.878. The number of halogens is 1. The summed E-state index contributed by atoms with van der Waals surface area (Å²) in [5.41, 5.74) is 0. The molecular formula is C8H15ClN2O.